The molecule has 0 atom stereocenters. The monoisotopic (exact) mass is 276 g/mol. The van der Waals surface area contributed by atoms with Gasteiger partial charge in [0.05, 0.1) is 6.42 Å². The average Bonchev–Trinajstić information content (AvgIpc) is 2.25. The fraction of sp³-hybridized carbons (Fsp3) is 0.417. The molecule has 0 spiro atoms. The molecular weight excluding hydrogens is 259 g/mol. The highest BCUT2D eigenvalue weighted by Crippen LogP contribution is 2.11. The SMILES string of the molecule is CN(CCCN)C(=O)Cc1cccc(Cl)c1.Cl. The van der Waals surface area contributed by atoms with Crippen molar-refractivity contribution in [3.8, 4) is 0 Å². The van der Waals surface area contributed by atoms with Crippen LogP contribution in [0.5, 0.6) is 0 Å². The molecule has 0 unspecified atom stereocenters. The van der Waals surface area contributed by atoms with Crippen molar-refractivity contribution in [3.05, 3.63) is 34.9 Å². The number of nitrogens with two attached hydrogens (primary N) is 1. The van der Waals surface area contributed by atoms with Crippen LogP contribution in [0.2, 0.25) is 5.02 Å². The Morgan fingerprint density at radius 3 is 2.76 bits per heavy atom. The van der Waals surface area contributed by atoms with Gasteiger partial charge in [0, 0.05) is 18.6 Å². The summed E-state index contributed by atoms with van der Waals surface area (Å²) in [5.41, 5.74) is 6.34. The number of benzene rings is 1. The maximum atomic E-state index is 11.8. The number of rotatable bonds is 5. The Hall–Kier alpha value is -0.770. The van der Waals surface area contributed by atoms with E-state index in [9.17, 15) is 4.79 Å². The van der Waals surface area contributed by atoms with Crippen LogP contribution >= 0.6 is 24.0 Å². The Morgan fingerprint density at radius 1 is 1.47 bits per heavy atom. The largest absolute Gasteiger partial charge is 0.345 e. The molecule has 0 saturated carbocycles. The van der Waals surface area contributed by atoms with E-state index in [1.807, 2.05) is 18.2 Å². The van der Waals surface area contributed by atoms with Gasteiger partial charge in [0.15, 0.2) is 0 Å². The van der Waals surface area contributed by atoms with Crippen LogP contribution in [0.15, 0.2) is 24.3 Å². The molecule has 1 aromatic carbocycles. The Balaban J connectivity index is 0.00000256. The molecule has 0 aliphatic carbocycles. The van der Waals surface area contributed by atoms with Gasteiger partial charge in [-0.1, -0.05) is 23.7 Å². The van der Waals surface area contributed by atoms with Gasteiger partial charge < -0.3 is 10.6 Å². The van der Waals surface area contributed by atoms with Crippen molar-refractivity contribution in [3.63, 3.8) is 0 Å². The number of amides is 1. The highest BCUT2D eigenvalue weighted by atomic mass is 35.5. The maximum absolute atomic E-state index is 11.8. The van der Waals surface area contributed by atoms with Gasteiger partial charge in [-0.2, -0.15) is 0 Å². The van der Waals surface area contributed by atoms with E-state index in [1.165, 1.54) is 0 Å². The predicted octanol–water partition coefficient (Wildman–Crippen LogP) is 2.11. The van der Waals surface area contributed by atoms with Crippen LogP contribution < -0.4 is 5.73 Å². The van der Waals surface area contributed by atoms with E-state index in [-0.39, 0.29) is 18.3 Å². The lowest BCUT2D eigenvalue weighted by molar-refractivity contribution is -0.129. The van der Waals surface area contributed by atoms with Crippen molar-refractivity contribution in [2.45, 2.75) is 12.8 Å². The fourth-order valence-corrected chi connectivity index (χ4v) is 1.62. The van der Waals surface area contributed by atoms with Crippen LogP contribution in [0.3, 0.4) is 0 Å². The van der Waals surface area contributed by atoms with Gasteiger partial charge in [0.25, 0.3) is 0 Å². The Labute approximate surface area is 113 Å². The summed E-state index contributed by atoms with van der Waals surface area (Å²) in [6, 6.07) is 7.37. The lowest BCUT2D eigenvalue weighted by atomic mass is 10.1. The van der Waals surface area contributed by atoms with Crippen molar-refractivity contribution in [1.29, 1.82) is 0 Å². The second-order valence-corrected chi connectivity index (χ2v) is 4.20. The third-order valence-electron chi connectivity index (χ3n) is 2.37. The summed E-state index contributed by atoms with van der Waals surface area (Å²) in [5.74, 6) is 0.0933. The van der Waals surface area contributed by atoms with Crippen LogP contribution in [-0.2, 0) is 11.2 Å². The quantitative estimate of drug-likeness (QED) is 0.896. The third-order valence-corrected chi connectivity index (χ3v) is 2.60. The van der Waals surface area contributed by atoms with Crippen molar-refractivity contribution < 1.29 is 4.79 Å². The molecule has 0 bridgehead atoms. The molecule has 0 fully saturated rings. The van der Waals surface area contributed by atoms with E-state index in [4.69, 9.17) is 17.3 Å². The molecular formula is C12H18Cl2N2O. The van der Waals surface area contributed by atoms with Gasteiger partial charge in [0.1, 0.15) is 0 Å². The normalized spacial score (nSPS) is 9.59. The first-order valence-electron chi connectivity index (χ1n) is 5.32. The van der Waals surface area contributed by atoms with E-state index < -0.39 is 0 Å². The van der Waals surface area contributed by atoms with Crippen LogP contribution in [0.25, 0.3) is 0 Å². The molecule has 1 rings (SSSR count). The molecule has 2 N–H and O–H groups in total. The predicted molar refractivity (Wildman–Crippen MR) is 73.7 cm³/mol. The van der Waals surface area contributed by atoms with E-state index in [0.717, 1.165) is 12.0 Å². The number of halogens is 2. The molecule has 5 heteroatoms. The summed E-state index contributed by atoms with van der Waals surface area (Å²) in [4.78, 5) is 13.5. The van der Waals surface area contributed by atoms with Crippen molar-refractivity contribution in [1.82, 2.24) is 4.90 Å². The number of carbonyl (C=O) groups is 1. The van der Waals surface area contributed by atoms with Gasteiger partial charge in [-0.3, -0.25) is 4.79 Å². The van der Waals surface area contributed by atoms with E-state index in [1.54, 1.807) is 18.0 Å². The van der Waals surface area contributed by atoms with E-state index in [0.29, 0.717) is 24.5 Å². The lowest BCUT2D eigenvalue weighted by Crippen LogP contribution is -2.30. The second-order valence-electron chi connectivity index (χ2n) is 3.76. The molecule has 0 saturated heterocycles. The van der Waals surface area contributed by atoms with Crippen LogP contribution in [0.1, 0.15) is 12.0 Å². The zero-order valence-electron chi connectivity index (χ0n) is 9.86. The van der Waals surface area contributed by atoms with Crippen LogP contribution in [0.4, 0.5) is 0 Å². The molecule has 0 radical (unpaired) electrons. The number of nitrogens with zero attached hydrogens (tertiary/aromatic N) is 1. The number of carbonyl (C=O) groups excluding carboxylic acids is 1. The first-order valence-corrected chi connectivity index (χ1v) is 5.69. The minimum Gasteiger partial charge on any atom is -0.345 e. The zero-order valence-corrected chi connectivity index (χ0v) is 11.4. The maximum Gasteiger partial charge on any atom is 0.226 e. The molecule has 17 heavy (non-hydrogen) atoms. The second kappa shape index (κ2) is 8.34. The number of likely N-dealkylation sites (N-methyl/N-ethyl adjacent to an activating group) is 1. The highest BCUT2D eigenvalue weighted by molar-refractivity contribution is 6.30. The molecule has 3 nitrogen and oxygen atoms in total. The van der Waals surface area contributed by atoms with Crippen LogP contribution in [-0.4, -0.2) is 30.9 Å². The van der Waals surface area contributed by atoms with Crippen LogP contribution in [0, 0.1) is 0 Å². The summed E-state index contributed by atoms with van der Waals surface area (Å²) in [5, 5.41) is 0.662. The van der Waals surface area contributed by atoms with Crippen molar-refractivity contribution in [2.24, 2.45) is 5.73 Å². The Bertz CT molecular complexity index is 358. The van der Waals surface area contributed by atoms with Crippen molar-refractivity contribution >= 4 is 29.9 Å². The van der Waals surface area contributed by atoms with Gasteiger partial charge in [0.2, 0.25) is 5.91 Å². The summed E-state index contributed by atoms with van der Waals surface area (Å²) >= 11 is 5.85. The topological polar surface area (TPSA) is 46.3 Å². The first-order chi connectivity index (χ1) is 7.63. The minimum atomic E-state index is 0. The Morgan fingerprint density at radius 2 is 2.18 bits per heavy atom. The summed E-state index contributed by atoms with van der Waals surface area (Å²) in [7, 11) is 1.79. The van der Waals surface area contributed by atoms with Crippen molar-refractivity contribution in [2.75, 3.05) is 20.1 Å². The van der Waals surface area contributed by atoms with E-state index >= 15 is 0 Å². The third kappa shape index (κ3) is 5.91. The minimum absolute atomic E-state index is 0. The smallest absolute Gasteiger partial charge is 0.226 e. The first kappa shape index (κ1) is 16.2. The summed E-state index contributed by atoms with van der Waals surface area (Å²) in [6.45, 7) is 1.31. The Kier molecular flexibility index (Phi) is 7.96. The molecule has 1 amide bonds. The van der Waals surface area contributed by atoms with Gasteiger partial charge in [-0.05, 0) is 30.7 Å². The number of hydrogen-bond donors (Lipinski definition) is 1. The molecule has 0 aromatic heterocycles. The van der Waals surface area contributed by atoms with Gasteiger partial charge >= 0.3 is 0 Å². The molecule has 0 aliphatic rings. The van der Waals surface area contributed by atoms with Gasteiger partial charge in [-0.25, -0.2) is 0 Å². The summed E-state index contributed by atoms with van der Waals surface area (Å²) in [6.07, 6.45) is 1.22. The zero-order chi connectivity index (χ0) is 12.0. The molecule has 1 aromatic rings. The molecule has 0 heterocycles. The fourth-order valence-electron chi connectivity index (χ4n) is 1.41. The standard InChI is InChI=1S/C12H17ClN2O.ClH/c1-15(7-3-6-14)12(16)9-10-4-2-5-11(13)8-10;/h2,4-5,8H,3,6-7,9,14H2,1H3;1H. The molecule has 0 aliphatic heterocycles. The lowest BCUT2D eigenvalue weighted by Gasteiger charge is -2.16. The number of hydrogen-bond acceptors (Lipinski definition) is 2. The van der Waals surface area contributed by atoms with Gasteiger partial charge in [-0.15, -0.1) is 12.4 Å². The highest BCUT2D eigenvalue weighted by Gasteiger charge is 2.08. The molecule has 96 valence electrons. The summed E-state index contributed by atoms with van der Waals surface area (Å²) < 4.78 is 0. The van der Waals surface area contributed by atoms with E-state index in [2.05, 4.69) is 0 Å². The average molecular weight is 277 g/mol.